The van der Waals surface area contributed by atoms with Gasteiger partial charge in [0, 0.05) is 42.0 Å². The highest BCUT2D eigenvalue weighted by molar-refractivity contribution is 6.30. The summed E-state index contributed by atoms with van der Waals surface area (Å²) in [5.41, 5.74) is 2.88. The molecular formula is C19H19ClN4O3. The Balaban J connectivity index is 1.55. The Bertz CT molecular complexity index is 837. The molecule has 3 rings (SSSR count). The molecule has 27 heavy (non-hydrogen) atoms. The van der Waals surface area contributed by atoms with Gasteiger partial charge in [0.2, 0.25) is 0 Å². The van der Waals surface area contributed by atoms with E-state index in [9.17, 15) is 9.59 Å². The van der Waals surface area contributed by atoms with Crippen LogP contribution in [0, 0.1) is 0 Å². The zero-order valence-electron chi connectivity index (χ0n) is 14.4. The van der Waals surface area contributed by atoms with Gasteiger partial charge in [-0.1, -0.05) is 11.6 Å². The number of nitrogens with one attached hydrogen (secondary N) is 2. The maximum atomic E-state index is 12.5. The highest BCUT2D eigenvalue weighted by atomic mass is 35.5. The fourth-order valence-corrected chi connectivity index (χ4v) is 2.97. The number of benzene rings is 1. The van der Waals surface area contributed by atoms with Crippen molar-refractivity contribution in [2.24, 2.45) is 0 Å². The quantitative estimate of drug-likeness (QED) is 0.417. The van der Waals surface area contributed by atoms with Gasteiger partial charge in [0.25, 0.3) is 11.8 Å². The van der Waals surface area contributed by atoms with E-state index in [1.54, 1.807) is 42.6 Å². The first kappa shape index (κ1) is 18.9. The van der Waals surface area contributed by atoms with Crippen molar-refractivity contribution < 1.29 is 14.8 Å². The summed E-state index contributed by atoms with van der Waals surface area (Å²) in [6.45, 7) is 1.28. The number of hydrogen-bond acceptors (Lipinski definition) is 5. The summed E-state index contributed by atoms with van der Waals surface area (Å²) in [4.78, 5) is 29.6. The number of nitrogens with zero attached hydrogens (tertiary/aromatic N) is 2. The van der Waals surface area contributed by atoms with Gasteiger partial charge in [-0.3, -0.25) is 14.8 Å². The average Bonchev–Trinajstić information content (AvgIpc) is 3.15. The van der Waals surface area contributed by atoms with Crippen LogP contribution in [0.4, 0.5) is 5.82 Å². The largest absolute Gasteiger partial charge is 0.365 e. The van der Waals surface area contributed by atoms with Crippen LogP contribution in [-0.2, 0) is 4.79 Å². The van der Waals surface area contributed by atoms with Gasteiger partial charge in [-0.2, -0.15) is 0 Å². The molecule has 140 valence electrons. The van der Waals surface area contributed by atoms with Crippen molar-refractivity contribution >= 4 is 35.3 Å². The standard InChI is InChI=1S/C19H19ClN4O3/c20-15-5-3-14(4-6-15)19(26)24-10-9-16(12-24)22-17-7-1-13(11-21-17)2-8-18(25)23-27/h1-8,11,16,27H,9-10,12H2,(H,21,22)(H,23,25)/b8-2+/t16-/m0/s1. The van der Waals surface area contributed by atoms with Gasteiger partial charge >= 0.3 is 0 Å². The molecule has 1 aromatic heterocycles. The summed E-state index contributed by atoms with van der Waals surface area (Å²) in [7, 11) is 0. The molecule has 0 bridgehead atoms. The molecule has 0 radical (unpaired) electrons. The molecule has 0 spiro atoms. The van der Waals surface area contributed by atoms with Gasteiger partial charge < -0.3 is 10.2 Å². The Morgan fingerprint density at radius 3 is 2.67 bits per heavy atom. The molecule has 1 fully saturated rings. The second-order valence-electron chi connectivity index (χ2n) is 6.17. The minimum absolute atomic E-state index is 0.00780. The number of rotatable bonds is 5. The lowest BCUT2D eigenvalue weighted by Crippen LogP contribution is -2.31. The molecule has 2 heterocycles. The summed E-state index contributed by atoms with van der Waals surface area (Å²) in [5.74, 6) is 0.0877. The van der Waals surface area contributed by atoms with Crippen LogP contribution in [0.5, 0.6) is 0 Å². The van der Waals surface area contributed by atoms with Crippen LogP contribution in [0.15, 0.2) is 48.7 Å². The number of amides is 2. The van der Waals surface area contributed by atoms with Gasteiger partial charge in [-0.15, -0.1) is 0 Å². The van der Waals surface area contributed by atoms with Crippen LogP contribution in [0.1, 0.15) is 22.3 Å². The van der Waals surface area contributed by atoms with Crippen molar-refractivity contribution in [2.45, 2.75) is 12.5 Å². The third kappa shape index (κ3) is 5.06. The number of likely N-dealkylation sites (tertiary alicyclic amines) is 1. The predicted molar refractivity (Wildman–Crippen MR) is 103 cm³/mol. The van der Waals surface area contributed by atoms with E-state index >= 15 is 0 Å². The lowest BCUT2D eigenvalue weighted by molar-refractivity contribution is -0.124. The van der Waals surface area contributed by atoms with Gasteiger partial charge in [0.1, 0.15) is 5.82 Å². The number of hydrogen-bond donors (Lipinski definition) is 3. The fraction of sp³-hybridized carbons (Fsp3) is 0.211. The number of hydroxylamine groups is 1. The number of carbonyl (C=O) groups is 2. The van der Waals surface area contributed by atoms with Gasteiger partial charge in [0.15, 0.2) is 0 Å². The van der Waals surface area contributed by atoms with E-state index < -0.39 is 5.91 Å². The zero-order valence-corrected chi connectivity index (χ0v) is 15.2. The maximum absolute atomic E-state index is 12.5. The first-order valence-corrected chi connectivity index (χ1v) is 8.82. The molecule has 1 aromatic carbocycles. The highest BCUT2D eigenvalue weighted by Gasteiger charge is 2.27. The third-order valence-electron chi connectivity index (χ3n) is 4.24. The van der Waals surface area contributed by atoms with Crippen LogP contribution < -0.4 is 10.8 Å². The number of pyridine rings is 1. The molecule has 1 atom stereocenters. The maximum Gasteiger partial charge on any atom is 0.267 e. The van der Waals surface area contributed by atoms with E-state index in [-0.39, 0.29) is 11.9 Å². The molecule has 8 heteroatoms. The molecule has 2 aromatic rings. The molecule has 0 saturated carbocycles. The topological polar surface area (TPSA) is 94.6 Å². The first-order chi connectivity index (χ1) is 13.0. The molecule has 0 unspecified atom stereocenters. The van der Waals surface area contributed by atoms with E-state index in [0.29, 0.717) is 29.5 Å². The number of carbonyl (C=O) groups excluding carboxylic acids is 2. The summed E-state index contributed by atoms with van der Waals surface area (Å²) in [6.07, 6.45) is 5.21. The Kier molecular flexibility index (Phi) is 6.05. The summed E-state index contributed by atoms with van der Waals surface area (Å²) < 4.78 is 0. The van der Waals surface area contributed by atoms with Crippen LogP contribution in [0.25, 0.3) is 6.08 Å². The van der Waals surface area contributed by atoms with Gasteiger partial charge in [-0.25, -0.2) is 10.5 Å². The Morgan fingerprint density at radius 2 is 2.00 bits per heavy atom. The van der Waals surface area contributed by atoms with Crippen LogP contribution in [0.3, 0.4) is 0 Å². The second kappa shape index (κ2) is 8.66. The zero-order chi connectivity index (χ0) is 19.2. The van der Waals surface area contributed by atoms with Crippen LogP contribution >= 0.6 is 11.6 Å². The Labute approximate surface area is 161 Å². The highest BCUT2D eigenvalue weighted by Crippen LogP contribution is 2.18. The summed E-state index contributed by atoms with van der Waals surface area (Å²) >= 11 is 5.87. The second-order valence-corrected chi connectivity index (χ2v) is 6.61. The average molecular weight is 387 g/mol. The number of aromatic nitrogens is 1. The molecule has 7 nitrogen and oxygen atoms in total. The normalized spacial score (nSPS) is 16.5. The molecule has 1 saturated heterocycles. The molecular weight excluding hydrogens is 368 g/mol. The van der Waals surface area contributed by atoms with E-state index in [1.165, 1.54) is 11.6 Å². The van der Waals surface area contributed by atoms with Gasteiger partial charge in [-0.05, 0) is 54.5 Å². The predicted octanol–water partition coefficient (Wildman–Crippen LogP) is 2.58. The smallest absolute Gasteiger partial charge is 0.267 e. The van der Waals surface area contributed by atoms with Crippen molar-refractivity contribution in [3.8, 4) is 0 Å². The monoisotopic (exact) mass is 386 g/mol. The number of halogens is 1. The van der Waals surface area contributed by atoms with Crippen molar-refractivity contribution in [3.05, 3.63) is 64.8 Å². The lowest BCUT2D eigenvalue weighted by atomic mass is 10.2. The molecule has 3 N–H and O–H groups in total. The van der Waals surface area contributed by atoms with E-state index in [0.717, 1.165) is 12.0 Å². The number of anilines is 1. The Morgan fingerprint density at radius 1 is 1.22 bits per heavy atom. The van der Waals surface area contributed by atoms with Crippen LogP contribution in [0.2, 0.25) is 5.02 Å². The Hall–Kier alpha value is -2.90. The third-order valence-corrected chi connectivity index (χ3v) is 4.49. The molecule has 0 aliphatic carbocycles. The lowest BCUT2D eigenvalue weighted by Gasteiger charge is -2.17. The SMILES string of the molecule is O=C(/C=C/c1ccc(N[C@H]2CCN(C(=O)c3ccc(Cl)cc3)C2)nc1)NO. The van der Waals surface area contributed by atoms with Crippen LogP contribution in [-0.4, -0.2) is 46.0 Å². The molecule has 1 aliphatic rings. The summed E-state index contributed by atoms with van der Waals surface area (Å²) in [6, 6.07) is 10.6. The van der Waals surface area contributed by atoms with Gasteiger partial charge in [0.05, 0.1) is 0 Å². The minimum Gasteiger partial charge on any atom is -0.365 e. The van der Waals surface area contributed by atoms with E-state index in [2.05, 4.69) is 10.3 Å². The van der Waals surface area contributed by atoms with Crippen molar-refractivity contribution in [3.63, 3.8) is 0 Å². The molecule has 2 amide bonds. The first-order valence-electron chi connectivity index (χ1n) is 8.45. The molecule has 1 aliphatic heterocycles. The van der Waals surface area contributed by atoms with E-state index in [4.69, 9.17) is 16.8 Å². The minimum atomic E-state index is -0.603. The summed E-state index contributed by atoms with van der Waals surface area (Å²) in [5, 5.41) is 12.4. The van der Waals surface area contributed by atoms with Crippen molar-refractivity contribution in [1.29, 1.82) is 0 Å². The van der Waals surface area contributed by atoms with Crippen molar-refractivity contribution in [1.82, 2.24) is 15.4 Å². The fourth-order valence-electron chi connectivity index (χ4n) is 2.85. The van der Waals surface area contributed by atoms with Crippen molar-refractivity contribution in [2.75, 3.05) is 18.4 Å². The van der Waals surface area contributed by atoms with E-state index in [1.807, 2.05) is 11.0 Å².